The fourth-order valence-electron chi connectivity index (χ4n) is 2.00. The van der Waals surface area contributed by atoms with Gasteiger partial charge in [-0.15, -0.1) is 0 Å². The fraction of sp³-hybridized carbons (Fsp3) is 0.235. The van der Waals surface area contributed by atoms with Gasteiger partial charge < -0.3 is 9.84 Å². The topological polar surface area (TPSA) is 46.5 Å². The lowest BCUT2D eigenvalue weighted by atomic mass is 10.0. The highest BCUT2D eigenvalue weighted by Gasteiger charge is 2.21. The minimum atomic E-state index is -1.01. The van der Waals surface area contributed by atoms with Crippen LogP contribution in [-0.2, 0) is 17.6 Å². The monoisotopic (exact) mass is 304 g/mol. The number of hydrogen-bond acceptors (Lipinski definition) is 2. The van der Waals surface area contributed by atoms with Gasteiger partial charge in [0.2, 0.25) is 0 Å². The summed E-state index contributed by atoms with van der Waals surface area (Å²) in [6.45, 7) is 2.08. The normalized spacial score (nSPS) is 11.9. The number of aryl methyl sites for hydroxylation is 1. The summed E-state index contributed by atoms with van der Waals surface area (Å²) in [5.41, 5.74) is 2.14. The van der Waals surface area contributed by atoms with Crippen molar-refractivity contribution in [1.82, 2.24) is 0 Å². The third-order valence-electron chi connectivity index (χ3n) is 3.23. The van der Waals surface area contributed by atoms with Crippen LogP contribution in [0.1, 0.15) is 18.1 Å². The molecule has 0 aromatic heterocycles. The van der Waals surface area contributed by atoms with Crippen molar-refractivity contribution < 1.29 is 14.6 Å². The van der Waals surface area contributed by atoms with Gasteiger partial charge in [-0.1, -0.05) is 54.9 Å². The first-order chi connectivity index (χ1) is 10.1. The number of benzene rings is 2. The third-order valence-corrected chi connectivity index (χ3v) is 3.55. The molecule has 21 heavy (non-hydrogen) atoms. The summed E-state index contributed by atoms with van der Waals surface area (Å²) in [4.78, 5) is 11.4. The second-order valence-electron chi connectivity index (χ2n) is 4.75. The lowest BCUT2D eigenvalue weighted by Gasteiger charge is -2.16. The minimum Gasteiger partial charge on any atom is -0.478 e. The van der Waals surface area contributed by atoms with Crippen molar-refractivity contribution in [2.24, 2.45) is 0 Å². The molecule has 0 aliphatic rings. The van der Waals surface area contributed by atoms with Crippen molar-refractivity contribution in [3.05, 3.63) is 64.7 Å². The Kier molecular flexibility index (Phi) is 5.23. The zero-order valence-corrected chi connectivity index (χ0v) is 12.5. The minimum absolute atomic E-state index is 0.296. The van der Waals surface area contributed by atoms with Gasteiger partial charge in [-0.3, -0.25) is 0 Å². The average Bonchev–Trinajstić information content (AvgIpc) is 2.49. The molecule has 0 radical (unpaired) electrons. The van der Waals surface area contributed by atoms with Gasteiger partial charge in [0.05, 0.1) is 5.02 Å². The van der Waals surface area contributed by atoms with E-state index in [1.165, 1.54) is 5.56 Å². The predicted octanol–water partition coefficient (Wildman–Crippen LogP) is 3.98. The van der Waals surface area contributed by atoms with Crippen molar-refractivity contribution in [3.63, 3.8) is 0 Å². The van der Waals surface area contributed by atoms with Crippen LogP contribution < -0.4 is 4.74 Å². The zero-order chi connectivity index (χ0) is 15.2. The largest absolute Gasteiger partial charge is 0.478 e. The number of aliphatic carboxylic acids is 1. The average molecular weight is 305 g/mol. The highest BCUT2D eigenvalue weighted by Crippen LogP contribution is 2.25. The van der Waals surface area contributed by atoms with E-state index in [9.17, 15) is 9.90 Å². The molecule has 0 spiro atoms. The molecule has 0 amide bonds. The molecule has 2 aromatic carbocycles. The van der Waals surface area contributed by atoms with Gasteiger partial charge in [0, 0.05) is 6.42 Å². The van der Waals surface area contributed by atoms with Crippen molar-refractivity contribution in [2.75, 3.05) is 0 Å². The van der Waals surface area contributed by atoms with E-state index >= 15 is 0 Å². The second kappa shape index (κ2) is 7.14. The molecule has 110 valence electrons. The SMILES string of the molecule is CCc1ccc(C[C@@H](Oc2ccccc2Cl)C(=O)O)cc1. The Bertz CT molecular complexity index is 608. The summed E-state index contributed by atoms with van der Waals surface area (Å²) in [5.74, 6) is -0.619. The van der Waals surface area contributed by atoms with Crippen molar-refractivity contribution in [1.29, 1.82) is 0 Å². The van der Waals surface area contributed by atoms with Gasteiger partial charge in [0.25, 0.3) is 0 Å². The maximum absolute atomic E-state index is 11.4. The Morgan fingerprint density at radius 2 is 1.76 bits per heavy atom. The van der Waals surface area contributed by atoms with Gasteiger partial charge in [-0.05, 0) is 29.7 Å². The zero-order valence-electron chi connectivity index (χ0n) is 11.8. The van der Waals surface area contributed by atoms with Crippen LogP contribution in [0.5, 0.6) is 5.75 Å². The highest BCUT2D eigenvalue weighted by molar-refractivity contribution is 6.32. The maximum atomic E-state index is 11.4. The second-order valence-corrected chi connectivity index (χ2v) is 5.16. The molecule has 2 aromatic rings. The first kappa shape index (κ1) is 15.4. The van der Waals surface area contributed by atoms with E-state index in [1.807, 2.05) is 24.3 Å². The van der Waals surface area contributed by atoms with E-state index in [0.717, 1.165) is 12.0 Å². The van der Waals surface area contributed by atoms with Gasteiger partial charge in [0.15, 0.2) is 6.10 Å². The Morgan fingerprint density at radius 3 is 2.33 bits per heavy atom. The van der Waals surface area contributed by atoms with Crippen molar-refractivity contribution in [2.45, 2.75) is 25.9 Å². The van der Waals surface area contributed by atoms with Gasteiger partial charge in [-0.25, -0.2) is 4.79 Å². The van der Waals surface area contributed by atoms with Crippen molar-refractivity contribution in [3.8, 4) is 5.75 Å². The van der Waals surface area contributed by atoms with E-state index < -0.39 is 12.1 Å². The number of rotatable bonds is 6. The van der Waals surface area contributed by atoms with E-state index in [0.29, 0.717) is 17.2 Å². The summed E-state index contributed by atoms with van der Waals surface area (Å²) < 4.78 is 5.54. The lowest BCUT2D eigenvalue weighted by molar-refractivity contribution is -0.145. The fourth-order valence-corrected chi connectivity index (χ4v) is 2.18. The number of halogens is 1. The molecular weight excluding hydrogens is 288 g/mol. The van der Waals surface area contributed by atoms with Crippen molar-refractivity contribution >= 4 is 17.6 Å². The Morgan fingerprint density at radius 1 is 1.14 bits per heavy atom. The number of hydrogen-bond donors (Lipinski definition) is 1. The van der Waals surface area contributed by atoms with Gasteiger partial charge in [0.1, 0.15) is 5.75 Å². The van der Waals surface area contributed by atoms with Crippen LogP contribution in [0.25, 0.3) is 0 Å². The van der Waals surface area contributed by atoms with Crippen LogP contribution in [0.4, 0.5) is 0 Å². The predicted molar refractivity (Wildman–Crippen MR) is 83.0 cm³/mol. The van der Waals surface area contributed by atoms with E-state index in [2.05, 4.69) is 6.92 Å². The smallest absolute Gasteiger partial charge is 0.345 e. The number of ether oxygens (including phenoxy) is 1. The van der Waals surface area contributed by atoms with E-state index in [-0.39, 0.29) is 0 Å². The lowest BCUT2D eigenvalue weighted by Crippen LogP contribution is -2.29. The Balaban J connectivity index is 2.12. The molecule has 4 heteroatoms. The molecule has 0 bridgehead atoms. The molecule has 0 unspecified atom stereocenters. The molecule has 0 aliphatic heterocycles. The van der Waals surface area contributed by atoms with Gasteiger partial charge in [-0.2, -0.15) is 0 Å². The molecule has 2 rings (SSSR count). The standard InChI is InChI=1S/C17H17ClO3/c1-2-12-7-9-13(10-8-12)11-16(17(19)20)21-15-6-4-3-5-14(15)18/h3-10,16H,2,11H2,1H3,(H,19,20)/t16-/m1/s1. The van der Waals surface area contributed by atoms with Crippen LogP contribution in [0.3, 0.4) is 0 Å². The summed E-state index contributed by atoms with van der Waals surface area (Å²) in [6.07, 6.45) is 0.293. The van der Waals surface area contributed by atoms with E-state index in [1.54, 1.807) is 24.3 Å². The molecule has 1 atom stereocenters. The molecule has 0 heterocycles. The number of para-hydroxylation sites is 1. The highest BCUT2D eigenvalue weighted by atomic mass is 35.5. The molecule has 3 nitrogen and oxygen atoms in total. The number of carbonyl (C=O) groups is 1. The third kappa shape index (κ3) is 4.23. The van der Waals surface area contributed by atoms with Crippen LogP contribution >= 0.6 is 11.6 Å². The van der Waals surface area contributed by atoms with Crippen LogP contribution in [0, 0.1) is 0 Å². The quantitative estimate of drug-likeness (QED) is 0.878. The summed E-state index contributed by atoms with van der Waals surface area (Å²) in [5, 5.41) is 9.73. The summed E-state index contributed by atoms with van der Waals surface area (Å²) in [6, 6.07) is 14.7. The Labute approximate surface area is 129 Å². The molecule has 0 saturated carbocycles. The molecule has 0 saturated heterocycles. The van der Waals surface area contributed by atoms with Gasteiger partial charge >= 0.3 is 5.97 Å². The molecule has 0 aliphatic carbocycles. The first-order valence-corrected chi connectivity index (χ1v) is 7.19. The number of carboxylic acid groups (broad SMARTS) is 1. The Hall–Kier alpha value is -2.00. The summed E-state index contributed by atoms with van der Waals surface area (Å²) in [7, 11) is 0. The maximum Gasteiger partial charge on any atom is 0.345 e. The molecule has 0 fully saturated rings. The summed E-state index contributed by atoms with van der Waals surface area (Å²) >= 11 is 6.00. The first-order valence-electron chi connectivity index (χ1n) is 6.82. The van der Waals surface area contributed by atoms with E-state index in [4.69, 9.17) is 16.3 Å². The molecule has 1 N–H and O–H groups in total. The number of carboxylic acids is 1. The molecular formula is C17H17ClO3. The van der Waals surface area contributed by atoms with Crippen LogP contribution in [0.15, 0.2) is 48.5 Å². The van der Waals surface area contributed by atoms with Crippen LogP contribution in [0.2, 0.25) is 5.02 Å². The van der Waals surface area contributed by atoms with Crippen LogP contribution in [-0.4, -0.2) is 17.2 Å².